The van der Waals surface area contributed by atoms with Crippen molar-refractivity contribution in [2.24, 2.45) is 0 Å². The predicted molar refractivity (Wildman–Crippen MR) is 105 cm³/mol. The van der Waals surface area contributed by atoms with Crippen molar-refractivity contribution in [3.8, 4) is 0 Å². The standard InChI is InChI=1S/C22H30N2O/c1-5-24(6-2)20(15-19-12-8-7-9-13-19)16-23-22(25)21-14-10-11-17(3)18(21)4/h7-14,20H,5-6,15-16H2,1-4H3,(H,23,25). The van der Waals surface area contributed by atoms with E-state index in [4.69, 9.17) is 0 Å². The van der Waals surface area contributed by atoms with Crippen LogP contribution >= 0.6 is 0 Å². The van der Waals surface area contributed by atoms with Crippen molar-refractivity contribution in [2.45, 2.75) is 40.2 Å². The molecule has 1 atom stereocenters. The summed E-state index contributed by atoms with van der Waals surface area (Å²) in [5.74, 6) is 0.0198. The minimum Gasteiger partial charge on any atom is -0.350 e. The van der Waals surface area contributed by atoms with Gasteiger partial charge >= 0.3 is 0 Å². The molecule has 0 radical (unpaired) electrons. The third-order valence-corrected chi connectivity index (χ3v) is 4.99. The third kappa shape index (κ3) is 5.17. The number of carbonyl (C=O) groups is 1. The molecular weight excluding hydrogens is 308 g/mol. The van der Waals surface area contributed by atoms with Crippen LogP contribution in [0.25, 0.3) is 0 Å². The average molecular weight is 338 g/mol. The van der Waals surface area contributed by atoms with Crippen LogP contribution in [0.5, 0.6) is 0 Å². The highest BCUT2D eigenvalue weighted by molar-refractivity contribution is 5.95. The Labute approximate surface area is 152 Å². The van der Waals surface area contributed by atoms with Gasteiger partial charge in [0.25, 0.3) is 5.91 Å². The van der Waals surface area contributed by atoms with Gasteiger partial charge in [-0.05, 0) is 56.1 Å². The summed E-state index contributed by atoms with van der Waals surface area (Å²) in [6.07, 6.45) is 0.940. The first-order valence-corrected chi connectivity index (χ1v) is 9.19. The SMILES string of the molecule is CCN(CC)C(CNC(=O)c1cccc(C)c1C)Cc1ccccc1. The first kappa shape index (κ1) is 19.2. The number of hydrogen-bond acceptors (Lipinski definition) is 2. The zero-order valence-electron chi connectivity index (χ0n) is 15.9. The van der Waals surface area contributed by atoms with Crippen LogP contribution < -0.4 is 5.32 Å². The van der Waals surface area contributed by atoms with Gasteiger partial charge in [0.1, 0.15) is 0 Å². The highest BCUT2D eigenvalue weighted by Gasteiger charge is 2.18. The van der Waals surface area contributed by atoms with Gasteiger partial charge in [0.15, 0.2) is 0 Å². The van der Waals surface area contributed by atoms with Gasteiger partial charge in [-0.15, -0.1) is 0 Å². The van der Waals surface area contributed by atoms with Gasteiger partial charge in [0.05, 0.1) is 0 Å². The van der Waals surface area contributed by atoms with Crippen molar-refractivity contribution in [3.05, 3.63) is 70.8 Å². The molecule has 2 aromatic carbocycles. The van der Waals surface area contributed by atoms with Gasteiger partial charge in [0, 0.05) is 18.2 Å². The molecule has 0 saturated heterocycles. The molecule has 2 aromatic rings. The van der Waals surface area contributed by atoms with Crippen LogP contribution in [0.2, 0.25) is 0 Å². The van der Waals surface area contributed by atoms with Crippen LogP contribution in [0.15, 0.2) is 48.5 Å². The van der Waals surface area contributed by atoms with Gasteiger partial charge < -0.3 is 5.32 Å². The molecule has 2 rings (SSSR count). The van der Waals surface area contributed by atoms with E-state index in [1.807, 2.05) is 38.1 Å². The molecule has 0 spiro atoms. The maximum atomic E-state index is 12.6. The topological polar surface area (TPSA) is 32.3 Å². The van der Waals surface area contributed by atoms with E-state index in [0.29, 0.717) is 12.6 Å². The number of nitrogens with zero attached hydrogens (tertiary/aromatic N) is 1. The first-order valence-electron chi connectivity index (χ1n) is 9.19. The summed E-state index contributed by atoms with van der Waals surface area (Å²) < 4.78 is 0. The number of likely N-dealkylation sites (N-methyl/N-ethyl adjacent to an activating group) is 1. The van der Waals surface area contributed by atoms with Gasteiger partial charge in [0.2, 0.25) is 0 Å². The van der Waals surface area contributed by atoms with Crippen molar-refractivity contribution in [1.82, 2.24) is 10.2 Å². The monoisotopic (exact) mass is 338 g/mol. The highest BCUT2D eigenvalue weighted by Crippen LogP contribution is 2.13. The van der Waals surface area contributed by atoms with Crippen molar-refractivity contribution < 1.29 is 4.79 Å². The number of aryl methyl sites for hydroxylation is 1. The second-order valence-corrected chi connectivity index (χ2v) is 6.52. The lowest BCUT2D eigenvalue weighted by atomic mass is 10.0. The van der Waals surface area contributed by atoms with E-state index in [1.54, 1.807) is 0 Å². The number of amides is 1. The molecule has 25 heavy (non-hydrogen) atoms. The van der Waals surface area contributed by atoms with E-state index in [0.717, 1.165) is 36.2 Å². The zero-order valence-corrected chi connectivity index (χ0v) is 15.9. The molecule has 0 aliphatic rings. The Bertz CT molecular complexity index is 678. The van der Waals surface area contributed by atoms with Gasteiger partial charge in [-0.1, -0.05) is 56.3 Å². The number of carbonyl (C=O) groups excluding carboxylic acids is 1. The van der Waals surface area contributed by atoms with Crippen LogP contribution in [0, 0.1) is 13.8 Å². The first-order chi connectivity index (χ1) is 12.1. The Morgan fingerprint density at radius 1 is 1.00 bits per heavy atom. The van der Waals surface area contributed by atoms with Crippen LogP contribution in [0.1, 0.15) is 40.9 Å². The van der Waals surface area contributed by atoms with Crippen LogP contribution in [0.3, 0.4) is 0 Å². The van der Waals surface area contributed by atoms with E-state index < -0.39 is 0 Å². The molecular formula is C22H30N2O. The number of benzene rings is 2. The fourth-order valence-corrected chi connectivity index (χ4v) is 3.26. The van der Waals surface area contributed by atoms with Gasteiger partial charge in [-0.25, -0.2) is 0 Å². The van der Waals surface area contributed by atoms with Crippen LogP contribution in [-0.4, -0.2) is 36.5 Å². The Hall–Kier alpha value is -2.13. The highest BCUT2D eigenvalue weighted by atomic mass is 16.1. The number of hydrogen-bond donors (Lipinski definition) is 1. The molecule has 3 heteroatoms. The second-order valence-electron chi connectivity index (χ2n) is 6.52. The molecule has 0 aromatic heterocycles. The normalized spacial score (nSPS) is 12.2. The Balaban J connectivity index is 2.08. The van der Waals surface area contributed by atoms with E-state index in [9.17, 15) is 4.79 Å². The third-order valence-electron chi connectivity index (χ3n) is 4.99. The van der Waals surface area contributed by atoms with Crippen molar-refractivity contribution in [2.75, 3.05) is 19.6 Å². The molecule has 1 unspecified atom stereocenters. The Morgan fingerprint density at radius 2 is 1.68 bits per heavy atom. The van der Waals surface area contributed by atoms with Gasteiger partial charge in [-0.2, -0.15) is 0 Å². The Morgan fingerprint density at radius 3 is 2.32 bits per heavy atom. The predicted octanol–water partition coefficient (Wildman–Crippen LogP) is 3.99. The fourth-order valence-electron chi connectivity index (χ4n) is 3.26. The zero-order chi connectivity index (χ0) is 18.2. The van der Waals surface area contributed by atoms with Crippen molar-refractivity contribution in [1.29, 1.82) is 0 Å². The molecule has 3 nitrogen and oxygen atoms in total. The molecule has 1 amide bonds. The smallest absolute Gasteiger partial charge is 0.251 e. The van der Waals surface area contributed by atoms with Gasteiger partial charge in [-0.3, -0.25) is 9.69 Å². The average Bonchev–Trinajstić information content (AvgIpc) is 2.63. The number of nitrogens with one attached hydrogen (secondary N) is 1. The maximum Gasteiger partial charge on any atom is 0.251 e. The minimum atomic E-state index is 0.0198. The molecule has 0 aliphatic carbocycles. The van der Waals surface area contributed by atoms with E-state index >= 15 is 0 Å². The van der Waals surface area contributed by atoms with Crippen LogP contribution in [-0.2, 0) is 6.42 Å². The van der Waals surface area contributed by atoms with Crippen molar-refractivity contribution >= 4 is 5.91 Å². The summed E-state index contributed by atoms with van der Waals surface area (Å²) in [4.78, 5) is 15.1. The molecule has 0 saturated carbocycles. The van der Waals surface area contributed by atoms with Crippen LogP contribution in [0.4, 0.5) is 0 Å². The fraction of sp³-hybridized carbons (Fsp3) is 0.409. The molecule has 0 aliphatic heterocycles. The molecule has 0 bridgehead atoms. The maximum absolute atomic E-state index is 12.6. The summed E-state index contributed by atoms with van der Waals surface area (Å²) >= 11 is 0. The van der Waals surface area contributed by atoms with E-state index in [-0.39, 0.29) is 5.91 Å². The summed E-state index contributed by atoms with van der Waals surface area (Å²) in [7, 11) is 0. The lowest BCUT2D eigenvalue weighted by Crippen LogP contribution is -2.45. The van der Waals surface area contributed by atoms with Crippen molar-refractivity contribution in [3.63, 3.8) is 0 Å². The lowest BCUT2D eigenvalue weighted by Gasteiger charge is -2.30. The lowest BCUT2D eigenvalue weighted by molar-refractivity contribution is 0.0934. The number of rotatable bonds is 8. The van der Waals surface area contributed by atoms with E-state index in [2.05, 4.69) is 48.3 Å². The Kier molecular flexibility index (Phi) is 7.20. The molecule has 1 N–H and O–H groups in total. The summed E-state index contributed by atoms with van der Waals surface area (Å²) in [6.45, 7) is 11.0. The minimum absolute atomic E-state index is 0.0198. The summed E-state index contributed by atoms with van der Waals surface area (Å²) in [5.41, 5.74) is 4.29. The quantitative estimate of drug-likeness (QED) is 0.789. The summed E-state index contributed by atoms with van der Waals surface area (Å²) in [5, 5.41) is 3.16. The molecule has 0 fully saturated rings. The molecule has 134 valence electrons. The largest absolute Gasteiger partial charge is 0.350 e. The second kappa shape index (κ2) is 9.38. The summed E-state index contributed by atoms with van der Waals surface area (Å²) in [6, 6.07) is 16.7. The molecule has 0 heterocycles. The van der Waals surface area contributed by atoms with E-state index in [1.165, 1.54) is 5.56 Å².